The Balaban J connectivity index is 1.30. The van der Waals surface area contributed by atoms with E-state index in [1.54, 1.807) is 23.1 Å². The van der Waals surface area contributed by atoms with E-state index in [2.05, 4.69) is 15.4 Å². The van der Waals surface area contributed by atoms with Crippen LogP contribution in [-0.2, 0) is 6.54 Å². The highest BCUT2D eigenvalue weighted by molar-refractivity contribution is 6.03. The van der Waals surface area contributed by atoms with Crippen molar-refractivity contribution in [1.82, 2.24) is 14.8 Å². The number of fused-ring (bicyclic) bond motifs is 1. The van der Waals surface area contributed by atoms with Crippen LogP contribution in [0.3, 0.4) is 0 Å². The molecule has 0 unspecified atom stereocenters. The molecule has 4 aromatic rings. The van der Waals surface area contributed by atoms with Gasteiger partial charge in [-0.3, -0.25) is 9.48 Å². The second-order valence-electron chi connectivity index (χ2n) is 7.13. The van der Waals surface area contributed by atoms with Crippen LogP contribution < -0.4 is 14.8 Å². The van der Waals surface area contributed by atoms with Crippen molar-refractivity contribution in [2.24, 2.45) is 0 Å². The second-order valence-corrected chi connectivity index (χ2v) is 7.13. The molecule has 0 aliphatic carbocycles. The van der Waals surface area contributed by atoms with Crippen LogP contribution in [0.5, 0.6) is 11.5 Å². The first-order valence-corrected chi connectivity index (χ1v) is 9.99. The SMILES string of the molecule is O=C(Nc1cccc(-c2ccc3c(c2)OCCO3)n1)c1cnn(Cc2ccccc2)c1. The average Bonchev–Trinajstić information content (AvgIpc) is 3.28. The lowest BCUT2D eigenvalue weighted by molar-refractivity contribution is 0.102. The van der Waals surface area contributed by atoms with Crippen LogP contribution in [0.2, 0.25) is 0 Å². The molecule has 5 rings (SSSR count). The van der Waals surface area contributed by atoms with Gasteiger partial charge in [0.1, 0.15) is 19.0 Å². The van der Waals surface area contributed by atoms with Gasteiger partial charge in [0.05, 0.1) is 24.0 Å². The standard InChI is InChI=1S/C24H20N4O3/c29-24(19-14-25-28(16-19)15-17-5-2-1-3-6-17)27-23-8-4-7-20(26-23)18-9-10-21-22(13-18)31-12-11-30-21/h1-10,13-14,16H,11-12,15H2,(H,26,27,29). The first-order valence-electron chi connectivity index (χ1n) is 9.99. The van der Waals surface area contributed by atoms with Crippen LogP contribution in [0.1, 0.15) is 15.9 Å². The average molecular weight is 412 g/mol. The number of ether oxygens (including phenoxy) is 2. The molecule has 0 radical (unpaired) electrons. The number of hydrogen-bond acceptors (Lipinski definition) is 5. The number of carbonyl (C=O) groups is 1. The number of benzene rings is 2. The van der Waals surface area contributed by atoms with Crippen molar-refractivity contribution in [3.05, 3.63) is 90.3 Å². The highest BCUT2D eigenvalue weighted by atomic mass is 16.6. The summed E-state index contributed by atoms with van der Waals surface area (Å²) in [7, 11) is 0. The number of nitrogens with one attached hydrogen (secondary N) is 1. The van der Waals surface area contributed by atoms with E-state index in [9.17, 15) is 4.79 Å². The van der Waals surface area contributed by atoms with Crippen LogP contribution in [0.25, 0.3) is 11.3 Å². The van der Waals surface area contributed by atoms with Crippen LogP contribution in [-0.4, -0.2) is 33.9 Å². The molecule has 7 nitrogen and oxygen atoms in total. The summed E-state index contributed by atoms with van der Waals surface area (Å²) in [5.74, 6) is 1.64. The molecule has 0 spiro atoms. The molecule has 1 aliphatic rings. The third-order valence-corrected chi connectivity index (χ3v) is 4.91. The Hall–Kier alpha value is -4.13. The highest BCUT2D eigenvalue weighted by Gasteiger charge is 2.14. The van der Waals surface area contributed by atoms with Crippen molar-refractivity contribution in [2.45, 2.75) is 6.54 Å². The number of carbonyl (C=O) groups excluding carboxylic acids is 1. The van der Waals surface area contributed by atoms with Gasteiger partial charge in [-0.2, -0.15) is 5.10 Å². The fourth-order valence-electron chi connectivity index (χ4n) is 3.39. The number of hydrogen-bond donors (Lipinski definition) is 1. The zero-order chi connectivity index (χ0) is 21.0. The number of rotatable bonds is 5. The molecule has 7 heteroatoms. The van der Waals surface area contributed by atoms with Crippen molar-refractivity contribution < 1.29 is 14.3 Å². The van der Waals surface area contributed by atoms with E-state index in [0.717, 1.165) is 22.6 Å². The first kappa shape index (κ1) is 18.9. The predicted molar refractivity (Wildman–Crippen MR) is 116 cm³/mol. The number of amides is 1. The third kappa shape index (κ3) is 4.25. The largest absolute Gasteiger partial charge is 0.486 e. The monoisotopic (exact) mass is 412 g/mol. The molecule has 1 amide bonds. The van der Waals surface area contributed by atoms with E-state index < -0.39 is 0 Å². The van der Waals surface area contributed by atoms with Crippen molar-refractivity contribution >= 4 is 11.7 Å². The minimum atomic E-state index is -0.258. The van der Waals surface area contributed by atoms with Crippen LogP contribution in [0.4, 0.5) is 5.82 Å². The Kier molecular flexibility index (Phi) is 5.06. The molecule has 0 atom stereocenters. The lowest BCUT2D eigenvalue weighted by Gasteiger charge is -2.18. The fraction of sp³-hybridized carbons (Fsp3) is 0.125. The lowest BCUT2D eigenvalue weighted by atomic mass is 10.1. The van der Waals surface area contributed by atoms with Crippen molar-refractivity contribution in [1.29, 1.82) is 0 Å². The van der Waals surface area contributed by atoms with Gasteiger partial charge in [0, 0.05) is 11.8 Å². The van der Waals surface area contributed by atoms with E-state index in [1.807, 2.05) is 60.7 Å². The molecule has 2 aromatic heterocycles. The molecule has 0 fully saturated rings. The van der Waals surface area contributed by atoms with Gasteiger partial charge in [-0.1, -0.05) is 36.4 Å². The summed E-state index contributed by atoms with van der Waals surface area (Å²) in [6, 6.07) is 21.2. The van der Waals surface area contributed by atoms with Crippen molar-refractivity contribution in [2.75, 3.05) is 18.5 Å². The Morgan fingerprint density at radius 1 is 0.968 bits per heavy atom. The predicted octanol–water partition coefficient (Wildman–Crippen LogP) is 4.02. The zero-order valence-corrected chi connectivity index (χ0v) is 16.7. The normalized spacial score (nSPS) is 12.4. The Labute approximate surface area is 179 Å². The van der Waals surface area contributed by atoms with Gasteiger partial charge in [-0.25, -0.2) is 4.98 Å². The molecule has 154 valence electrons. The van der Waals surface area contributed by atoms with E-state index in [-0.39, 0.29) is 5.91 Å². The summed E-state index contributed by atoms with van der Waals surface area (Å²) >= 11 is 0. The molecule has 31 heavy (non-hydrogen) atoms. The molecule has 0 saturated heterocycles. The molecular formula is C24H20N4O3. The molecule has 1 N–H and O–H groups in total. The molecule has 1 aliphatic heterocycles. The van der Waals surface area contributed by atoms with Crippen molar-refractivity contribution in [3.8, 4) is 22.8 Å². The Bertz CT molecular complexity index is 1220. The van der Waals surface area contributed by atoms with Gasteiger partial charge < -0.3 is 14.8 Å². The Morgan fingerprint density at radius 2 is 1.81 bits per heavy atom. The van der Waals surface area contributed by atoms with Crippen LogP contribution in [0.15, 0.2) is 79.1 Å². The van der Waals surface area contributed by atoms with Gasteiger partial charge in [0.15, 0.2) is 11.5 Å². The van der Waals surface area contributed by atoms with Gasteiger partial charge >= 0.3 is 0 Å². The number of pyridine rings is 1. The number of nitrogens with zero attached hydrogens (tertiary/aromatic N) is 3. The third-order valence-electron chi connectivity index (χ3n) is 4.91. The summed E-state index contributed by atoms with van der Waals surface area (Å²) in [6.07, 6.45) is 3.29. The van der Waals surface area contributed by atoms with E-state index in [1.165, 1.54) is 0 Å². The summed E-state index contributed by atoms with van der Waals surface area (Å²) in [4.78, 5) is 17.3. The Morgan fingerprint density at radius 3 is 2.68 bits per heavy atom. The zero-order valence-electron chi connectivity index (χ0n) is 16.7. The fourth-order valence-corrected chi connectivity index (χ4v) is 3.39. The smallest absolute Gasteiger partial charge is 0.260 e. The van der Waals surface area contributed by atoms with Crippen LogP contribution in [0, 0.1) is 0 Å². The quantitative estimate of drug-likeness (QED) is 0.536. The van der Waals surface area contributed by atoms with Gasteiger partial charge in [-0.05, 0) is 35.9 Å². The van der Waals surface area contributed by atoms with E-state index >= 15 is 0 Å². The first-order chi connectivity index (χ1) is 15.2. The van der Waals surface area contributed by atoms with Crippen LogP contribution >= 0.6 is 0 Å². The molecule has 0 saturated carbocycles. The van der Waals surface area contributed by atoms with Gasteiger partial charge in [0.2, 0.25) is 0 Å². The number of aromatic nitrogens is 3. The van der Waals surface area contributed by atoms with E-state index in [4.69, 9.17) is 9.47 Å². The van der Waals surface area contributed by atoms with Gasteiger partial charge in [-0.15, -0.1) is 0 Å². The van der Waals surface area contributed by atoms with Crippen molar-refractivity contribution in [3.63, 3.8) is 0 Å². The topological polar surface area (TPSA) is 78.3 Å². The minimum Gasteiger partial charge on any atom is -0.486 e. The minimum absolute atomic E-state index is 0.258. The summed E-state index contributed by atoms with van der Waals surface area (Å²) in [6.45, 7) is 1.68. The lowest BCUT2D eigenvalue weighted by Crippen LogP contribution is -2.15. The highest BCUT2D eigenvalue weighted by Crippen LogP contribution is 2.34. The summed E-state index contributed by atoms with van der Waals surface area (Å²) < 4.78 is 13.0. The van der Waals surface area contributed by atoms with Gasteiger partial charge in [0.25, 0.3) is 5.91 Å². The maximum Gasteiger partial charge on any atom is 0.260 e. The summed E-state index contributed by atoms with van der Waals surface area (Å²) in [5.41, 5.74) is 3.21. The number of anilines is 1. The maximum absolute atomic E-state index is 12.7. The molecular weight excluding hydrogens is 392 g/mol. The molecule has 2 aromatic carbocycles. The molecule has 0 bridgehead atoms. The van der Waals surface area contributed by atoms with E-state index in [0.29, 0.717) is 36.9 Å². The second kappa shape index (κ2) is 8.31. The molecule has 3 heterocycles. The maximum atomic E-state index is 12.7. The summed E-state index contributed by atoms with van der Waals surface area (Å²) in [5, 5.41) is 7.14.